The molecule has 0 aliphatic rings. The highest BCUT2D eigenvalue weighted by Gasteiger charge is 2.22. The Morgan fingerprint density at radius 2 is 1.02 bits per heavy atom. The van der Waals surface area contributed by atoms with Crippen molar-refractivity contribution in [2.24, 2.45) is 0 Å². The molecule has 11 aromatic rings. The molecule has 11 rings (SSSR count). The first kappa shape index (κ1) is 31.6. The number of fused-ring (bicyclic) bond motifs is 7. The number of hydrogen-bond donors (Lipinski definition) is 0. The summed E-state index contributed by atoms with van der Waals surface area (Å²) in [4.78, 5) is 2.40. The molecule has 2 heterocycles. The summed E-state index contributed by atoms with van der Waals surface area (Å²) in [5.74, 6) is 0. The predicted octanol–water partition coefficient (Wildman–Crippen LogP) is 15.6. The number of nitrogens with zero attached hydrogens (tertiary/aromatic N) is 1. The van der Waals surface area contributed by atoms with Crippen LogP contribution >= 0.6 is 11.3 Å². The van der Waals surface area contributed by atoms with Gasteiger partial charge in [-0.15, -0.1) is 11.3 Å². The standard InChI is InChI=1S/C52H33NOS/c1-2-13-35(14-3-1)46-33-38(31-32-41(46)43-21-11-22-44-42-18-7-9-26-50(42)55-52(43)44)53(47-23-12-25-49-51(47)45-19-6-8-24-48(45)54-49)37-29-27-36(28-30-37)40-20-10-16-34-15-4-5-17-39(34)40/h1-33H. The Labute approximate surface area is 322 Å². The maximum Gasteiger partial charge on any atom is 0.137 e. The highest BCUT2D eigenvalue weighted by molar-refractivity contribution is 7.26. The SMILES string of the molecule is c1ccc(-c2cc(N(c3ccc(-c4cccc5ccccc45)cc3)c3cccc4oc5ccccc5c34)ccc2-c2cccc3c2sc2ccccc23)cc1. The zero-order valence-corrected chi connectivity index (χ0v) is 30.6. The predicted molar refractivity (Wildman–Crippen MR) is 235 cm³/mol. The van der Waals surface area contributed by atoms with E-state index in [4.69, 9.17) is 4.42 Å². The van der Waals surface area contributed by atoms with E-state index in [2.05, 4.69) is 199 Å². The van der Waals surface area contributed by atoms with Crippen molar-refractivity contribution in [3.05, 3.63) is 200 Å². The van der Waals surface area contributed by atoms with Gasteiger partial charge >= 0.3 is 0 Å². The fourth-order valence-electron chi connectivity index (χ4n) is 8.36. The lowest BCUT2D eigenvalue weighted by atomic mass is 9.92. The van der Waals surface area contributed by atoms with Gasteiger partial charge in [0.1, 0.15) is 11.2 Å². The molecule has 9 aromatic carbocycles. The summed E-state index contributed by atoms with van der Waals surface area (Å²) >= 11 is 1.87. The molecule has 0 radical (unpaired) electrons. The summed E-state index contributed by atoms with van der Waals surface area (Å²) in [6.45, 7) is 0. The van der Waals surface area contributed by atoms with Crippen molar-refractivity contribution >= 4 is 81.3 Å². The van der Waals surface area contributed by atoms with Gasteiger partial charge in [0.05, 0.1) is 11.1 Å². The summed E-state index contributed by atoms with van der Waals surface area (Å²) in [6, 6.07) is 72.2. The lowest BCUT2D eigenvalue weighted by Gasteiger charge is -2.28. The molecule has 0 N–H and O–H groups in total. The molecule has 0 unspecified atom stereocenters. The fraction of sp³-hybridized carbons (Fsp3) is 0. The van der Waals surface area contributed by atoms with Crippen molar-refractivity contribution in [2.75, 3.05) is 4.90 Å². The lowest BCUT2D eigenvalue weighted by Crippen LogP contribution is -2.10. The van der Waals surface area contributed by atoms with Crippen LogP contribution in [0.4, 0.5) is 17.1 Å². The molecule has 0 spiro atoms. The molecule has 0 amide bonds. The summed E-state index contributed by atoms with van der Waals surface area (Å²) < 4.78 is 9.06. The van der Waals surface area contributed by atoms with Crippen molar-refractivity contribution in [2.45, 2.75) is 0 Å². The fourth-order valence-corrected chi connectivity index (χ4v) is 9.59. The normalized spacial score (nSPS) is 11.6. The van der Waals surface area contributed by atoms with E-state index in [1.807, 2.05) is 17.4 Å². The van der Waals surface area contributed by atoms with E-state index >= 15 is 0 Å². The van der Waals surface area contributed by atoms with Crippen molar-refractivity contribution in [3.8, 4) is 33.4 Å². The van der Waals surface area contributed by atoms with E-state index in [0.29, 0.717) is 0 Å². The third-order valence-electron chi connectivity index (χ3n) is 10.9. The largest absolute Gasteiger partial charge is 0.456 e. The van der Waals surface area contributed by atoms with Gasteiger partial charge in [0, 0.05) is 42.5 Å². The van der Waals surface area contributed by atoms with E-state index in [1.54, 1.807) is 0 Å². The third kappa shape index (κ3) is 5.24. The molecule has 55 heavy (non-hydrogen) atoms. The highest BCUT2D eigenvalue weighted by Crippen LogP contribution is 2.47. The van der Waals surface area contributed by atoms with Crippen LogP contribution in [-0.2, 0) is 0 Å². The van der Waals surface area contributed by atoms with E-state index in [-0.39, 0.29) is 0 Å². The van der Waals surface area contributed by atoms with Crippen molar-refractivity contribution in [1.29, 1.82) is 0 Å². The molecule has 0 saturated carbocycles. The van der Waals surface area contributed by atoms with Crippen molar-refractivity contribution in [1.82, 2.24) is 0 Å². The first-order chi connectivity index (χ1) is 27.3. The summed E-state index contributed by atoms with van der Waals surface area (Å²) in [5, 5.41) is 7.29. The third-order valence-corrected chi connectivity index (χ3v) is 12.1. The first-order valence-electron chi connectivity index (χ1n) is 18.7. The zero-order valence-electron chi connectivity index (χ0n) is 29.8. The molecule has 3 heteroatoms. The maximum atomic E-state index is 6.44. The Bertz CT molecular complexity index is 3200. The lowest BCUT2D eigenvalue weighted by molar-refractivity contribution is 0.669. The van der Waals surface area contributed by atoms with Crippen LogP contribution in [0.2, 0.25) is 0 Å². The average Bonchev–Trinajstić information content (AvgIpc) is 3.83. The van der Waals surface area contributed by atoms with Gasteiger partial charge in [-0.05, 0) is 87.1 Å². The molecule has 0 aliphatic carbocycles. The van der Waals surface area contributed by atoms with Crippen LogP contribution in [0.3, 0.4) is 0 Å². The Morgan fingerprint density at radius 3 is 1.91 bits per heavy atom. The monoisotopic (exact) mass is 719 g/mol. The smallest absolute Gasteiger partial charge is 0.137 e. The Hall–Kier alpha value is -6.94. The Morgan fingerprint density at radius 1 is 0.382 bits per heavy atom. The summed E-state index contributed by atoms with van der Waals surface area (Å²) in [7, 11) is 0. The van der Waals surface area contributed by atoms with Gasteiger partial charge < -0.3 is 9.32 Å². The minimum absolute atomic E-state index is 0.868. The van der Waals surface area contributed by atoms with Crippen LogP contribution in [0.15, 0.2) is 205 Å². The quantitative estimate of drug-likeness (QED) is 0.170. The second kappa shape index (κ2) is 12.9. The number of furan rings is 1. The van der Waals surface area contributed by atoms with E-state index in [9.17, 15) is 0 Å². The maximum absolute atomic E-state index is 6.44. The minimum atomic E-state index is 0.868. The number of benzene rings is 9. The van der Waals surface area contributed by atoms with Gasteiger partial charge in [-0.3, -0.25) is 0 Å². The van der Waals surface area contributed by atoms with E-state index in [1.165, 1.54) is 64.3 Å². The number of thiophene rings is 1. The first-order valence-corrected chi connectivity index (χ1v) is 19.5. The van der Waals surface area contributed by atoms with Gasteiger partial charge in [0.2, 0.25) is 0 Å². The topological polar surface area (TPSA) is 16.4 Å². The van der Waals surface area contributed by atoms with Crippen LogP contribution in [0.5, 0.6) is 0 Å². The van der Waals surface area contributed by atoms with E-state index in [0.717, 1.165) is 39.0 Å². The van der Waals surface area contributed by atoms with E-state index < -0.39 is 0 Å². The molecule has 0 saturated heterocycles. The van der Waals surface area contributed by atoms with Crippen LogP contribution in [0, 0.1) is 0 Å². The van der Waals surface area contributed by atoms with Gasteiger partial charge in [0.15, 0.2) is 0 Å². The van der Waals surface area contributed by atoms with Crippen molar-refractivity contribution in [3.63, 3.8) is 0 Å². The molecule has 2 aromatic heterocycles. The molecule has 2 nitrogen and oxygen atoms in total. The van der Waals surface area contributed by atoms with Gasteiger partial charge in [-0.2, -0.15) is 0 Å². The van der Waals surface area contributed by atoms with Crippen LogP contribution in [0.25, 0.3) is 86.3 Å². The number of anilines is 3. The second-order valence-corrected chi connectivity index (χ2v) is 15.1. The van der Waals surface area contributed by atoms with Gasteiger partial charge in [0.25, 0.3) is 0 Å². The van der Waals surface area contributed by atoms with Crippen LogP contribution in [0.1, 0.15) is 0 Å². The molecule has 0 atom stereocenters. The Kier molecular flexibility index (Phi) is 7.39. The summed E-state index contributed by atoms with van der Waals surface area (Å²) in [5.41, 5.74) is 12.2. The number of hydrogen-bond acceptors (Lipinski definition) is 3. The van der Waals surface area contributed by atoms with Crippen LogP contribution < -0.4 is 4.90 Å². The number of rotatable bonds is 6. The Balaban J connectivity index is 1.15. The van der Waals surface area contributed by atoms with Gasteiger partial charge in [-0.1, -0.05) is 152 Å². The molecule has 258 valence electrons. The summed E-state index contributed by atoms with van der Waals surface area (Å²) in [6.07, 6.45) is 0. The highest BCUT2D eigenvalue weighted by atomic mass is 32.1. The zero-order chi connectivity index (χ0) is 36.3. The molecule has 0 aliphatic heterocycles. The van der Waals surface area contributed by atoms with Crippen LogP contribution in [-0.4, -0.2) is 0 Å². The molecular formula is C52H33NOS. The second-order valence-electron chi connectivity index (χ2n) is 14.0. The van der Waals surface area contributed by atoms with Crippen molar-refractivity contribution < 1.29 is 4.42 Å². The number of para-hydroxylation sites is 1. The minimum Gasteiger partial charge on any atom is -0.456 e. The van der Waals surface area contributed by atoms with Gasteiger partial charge in [-0.25, -0.2) is 0 Å². The molecule has 0 fully saturated rings. The average molecular weight is 720 g/mol. The molecule has 0 bridgehead atoms. The molecular weight excluding hydrogens is 687 g/mol.